The molecule has 18 heavy (non-hydrogen) atoms. The molecule has 0 bridgehead atoms. The Labute approximate surface area is 111 Å². The molecule has 104 valence electrons. The van der Waals surface area contributed by atoms with E-state index in [0.29, 0.717) is 13.0 Å². The predicted molar refractivity (Wildman–Crippen MR) is 74.2 cm³/mol. The Balaban J connectivity index is 2.64. The van der Waals surface area contributed by atoms with Crippen LogP contribution in [0.25, 0.3) is 0 Å². The maximum atomic E-state index is 6.32. The standard InChI is InChI=1S/C15H27NO2/c1-5-18-15(9-11-17-12-10-15)13(16)7-6-8-14(2,3)4/h13H,5,7,9-12,16H2,1-4H3. The van der Waals surface area contributed by atoms with Crippen molar-refractivity contribution >= 4 is 0 Å². The van der Waals surface area contributed by atoms with E-state index in [1.165, 1.54) is 0 Å². The van der Waals surface area contributed by atoms with Gasteiger partial charge in [0.2, 0.25) is 0 Å². The van der Waals surface area contributed by atoms with Gasteiger partial charge in [-0.25, -0.2) is 0 Å². The molecular formula is C15H27NO2. The van der Waals surface area contributed by atoms with E-state index in [1.807, 2.05) is 6.92 Å². The van der Waals surface area contributed by atoms with Gasteiger partial charge in [-0.2, -0.15) is 0 Å². The van der Waals surface area contributed by atoms with Gasteiger partial charge in [0.25, 0.3) is 0 Å². The highest BCUT2D eigenvalue weighted by atomic mass is 16.5. The maximum Gasteiger partial charge on any atom is 0.0885 e. The quantitative estimate of drug-likeness (QED) is 0.782. The second-order valence-corrected chi connectivity index (χ2v) is 5.97. The van der Waals surface area contributed by atoms with Crippen LogP contribution in [0.5, 0.6) is 0 Å². The summed E-state index contributed by atoms with van der Waals surface area (Å²) < 4.78 is 11.4. The summed E-state index contributed by atoms with van der Waals surface area (Å²) in [6.45, 7) is 10.5. The molecule has 1 heterocycles. The molecule has 0 spiro atoms. The minimum absolute atomic E-state index is 0.0313. The molecule has 3 nitrogen and oxygen atoms in total. The van der Waals surface area contributed by atoms with Gasteiger partial charge in [0, 0.05) is 50.5 Å². The lowest BCUT2D eigenvalue weighted by Crippen LogP contribution is -2.53. The van der Waals surface area contributed by atoms with Crippen molar-refractivity contribution < 1.29 is 9.47 Å². The molecule has 0 saturated carbocycles. The van der Waals surface area contributed by atoms with Gasteiger partial charge in [-0.3, -0.25) is 0 Å². The first-order valence-corrected chi connectivity index (χ1v) is 6.87. The van der Waals surface area contributed by atoms with Crippen LogP contribution in [0.2, 0.25) is 0 Å². The van der Waals surface area contributed by atoms with Gasteiger partial charge in [-0.05, 0) is 27.7 Å². The first-order chi connectivity index (χ1) is 8.40. The van der Waals surface area contributed by atoms with Crippen LogP contribution < -0.4 is 5.73 Å². The van der Waals surface area contributed by atoms with E-state index < -0.39 is 0 Å². The van der Waals surface area contributed by atoms with Gasteiger partial charge in [0.1, 0.15) is 0 Å². The zero-order valence-corrected chi connectivity index (χ0v) is 12.2. The highest BCUT2D eigenvalue weighted by Crippen LogP contribution is 2.29. The molecule has 0 radical (unpaired) electrons. The van der Waals surface area contributed by atoms with Crippen molar-refractivity contribution in [2.24, 2.45) is 11.1 Å². The van der Waals surface area contributed by atoms with Crippen LogP contribution in [0.4, 0.5) is 0 Å². The van der Waals surface area contributed by atoms with E-state index in [-0.39, 0.29) is 17.1 Å². The first kappa shape index (κ1) is 15.5. The van der Waals surface area contributed by atoms with Crippen molar-refractivity contribution in [2.45, 2.75) is 58.6 Å². The van der Waals surface area contributed by atoms with Crippen molar-refractivity contribution in [1.29, 1.82) is 0 Å². The molecule has 1 aliphatic heterocycles. The van der Waals surface area contributed by atoms with E-state index in [0.717, 1.165) is 26.1 Å². The average Bonchev–Trinajstić information content (AvgIpc) is 2.29. The smallest absolute Gasteiger partial charge is 0.0885 e. The molecule has 0 amide bonds. The third kappa shape index (κ3) is 4.61. The highest BCUT2D eigenvalue weighted by Gasteiger charge is 2.38. The molecule has 2 N–H and O–H groups in total. The summed E-state index contributed by atoms with van der Waals surface area (Å²) in [5, 5.41) is 0. The number of ether oxygens (including phenoxy) is 2. The minimum atomic E-state index is -0.237. The van der Waals surface area contributed by atoms with Gasteiger partial charge in [0.15, 0.2) is 0 Å². The molecule has 1 fully saturated rings. The van der Waals surface area contributed by atoms with E-state index in [9.17, 15) is 0 Å². The van der Waals surface area contributed by atoms with Crippen LogP contribution in [-0.4, -0.2) is 31.5 Å². The summed E-state index contributed by atoms with van der Waals surface area (Å²) in [4.78, 5) is 0. The lowest BCUT2D eigenvalue weighted by molar-refractivity contribution is -0.119. The Kier molecular flexibility index (Phi) is 5.65. The fourth-order valence-corrected chi connectivity index (χ4v) is 2.24. The molecule has 0 aromatic heterocycles. The molecule has 1 atom stereocenters. The van der Waals surface area contributed by atoms with E-state index in [1.54, 1.807) is 0 Å². The molecule has 0 aromatic carbocycles. The van der Waals surface area contributed by atoms with Crippen LogP contribution >= 0.6 is 0 Å². The Hall–Kier alpha value is -0.560. The molecule has 1 saturated heterocycles. The zero-order chi connectivity index (χ0) is 13.6. The van der Waals surface area contributed by atoms with Gasteiger partial charge >= 0.3 is 0 Å². The van der Waals surface area contributed by atoms with Crippen LogP contribution in [0.3, 0.4) is 0 Å². The zero-order valence-electron chi connectivity index (χ0n) is 12.2. The summed E-state index contributed by atoms with van der Waals surface area (Å²) >= 11 is 0. The Morgan fingerprint density at radius 3 is 2.44 bits per heavy atom. The summed E-state index contributed by atoms with van der Waals surface area (Å²) in [5.74, 6) is 6.44. The fraction of sp³-hybridized carbons (Fsp3) is 0.867. The van der Waals surface area contributed by atoms with Crippen molar-refractivity contribution in [2.75, 3.05) is 19.8 Å². The molecule has 1 aliphatic rings. The third-order valence-electron chi connectivity index (χ3n) is 3.23. The molecule has 1 unspecified atom stereocenters. The lowest BCUT2D eigenvalue weighted by Gasteiger charge is -2.40. The SMILES string of the molecule is CCOC1(C(N)CC#CC(C)(C)C)CCOCC1. The fourth-order valence-electron chi connectivity index (χ4n) is 2.24. The normalized spacial score (nSPS) is 20.9. The number of hydrogen-bond acceptors (Lipinski definition) is 3. The summed E-state index contributed by atoms with van der Waals surface area (Å²) in [7, 11) is 0. The molecule has 0 aromatic rings. The number of nitrogens with two attached hydrogens (primary N) is 1. The summed E-state index contributed by atoms with van der Waals surface area (Å²) in [5.41, 5.74) is 6.12. The van der Waals surface area contributed by atoms with E-state index in [2.05, 4.69) is 32.6 Å². The monoisotopic (exact) mass is 253 g/mol. The Morgan fingerprint density at radius 2 is 1.94 bits per heavy atom. The number of hydrogen-bond donors (Lipinski definition) is 1. The van der Waals surface area contributed by atoms with Crippen LogP contribution in [0, 0.1) is 17.3 Å². The van der Waals surface area contributed by atoms with Crippen LogP contribution in [0.1, 0.15) is 47.0 Å². The van der Waals surface area contributed by atoms with Gasteiger partial charge in [-0.1, -0.05) is 5.92 Å². The second-order valence-electron chi connectivity index (χ2n) is 5.97. The van der Waals surface area contributed by atoms with E-state index >= 15 is 0 Å². The summed E-state index contributed by atoms with van der Waals surface area (Å²) in [6, 6.07) is -0.0313. The van der Waals surface area contributed by atoms with Crippen molar-refractivity contribution in [1.82, 2.24) is 0 Å². The topological polar surface area (TPSA) is 44.5 Å². The highest BCUT2D eigenvalue weighted by molar-refractivity contribution is 5.10. The van der Waals surface area contributed by atoms with E-state index in [4.69, 9.17) is 15.2 Å². The maximum absolute atomic E-state index is 6.32. The predicted octanol–water partition coefficient (Wildman–Crippen LogP) is 2.34. The molecular weight excluding hydrogens is 226 g/mol. The number of rotatable bonds is 4. The molecule has 1 rings (SSSR count). The molecule has 3 heteroatoms. The van der Waals surface area contributed by atoms with Crippen molar-refractivity contribution in [3.8, 4) is 11.8 Å². The Morgan fingerprint density at radius 1 is 1.33 bits per heavy atom. The Bertz CT molecular complexity index is 297. The summed E-state index contributed by atoms with van der Waals surface area (Å²) in [6.07, 6.45) is 2.44. The lowest BCUT2D eigenvalue weighted by atomic mass is 9.84. The second kappa shape index (κ2) is 6.56. The molecule has 0 aliphatic carbocycles. The van der Waals surface area contributed by atoms with Gasteiger partial charge in [-0.15, -0.1) is 5.92 Å². The third-order valence-corrected chi connectivity index (χ3v) is 3.23. The van der Waals surface area contributed by atoms with Crippen molar-refractivity contribution in [3.63, 3.8) is 0 Å². The van der Waals surface area contributed by atoms with Gasteiger partial charge < -0.3 is 15.2 Å². The van der Waals surface area contributed by atoms with Crippen LogP contribution in [-0.2, 0) is 9.47 Å². The first-order valence-electron chi connectivity index (χ1n) is 6.87. The van der Waals surface area contributed by atoms with Crippen LogP contribution in [0.15, 0.2) is 0 Å². The average molecular weight is 253 g/mol. The minimum Gasteiger partial charge on any atom is -0.381 e. The van der Waals surface area contributed by atoms with Gasteiger partial charge in [0.05, 0.1) is 5.60 Å². The largest absolute Gasteiger partial charge is 0.381 e. The van der Waals surface area contributed by atoms with Crippen molar-refractivity contribution in [3.05, 3.63) is 0 Å².